The lowest BCUT2D eigenvalue weighted by molar-refractivity contribution is -0.130. The fourth-order valence-electron chi connectivity index (χ4n) is 3.58. The van der Waals surface area contributed by atoms with E-state index in [4.69, 9.17) is 9.47 Å². The predicted octanol–water partition coefficient (Wildman–Crippen LogP) is 3.49. The van der Waals surface area contributed by atoms with Crippen molar-refractivity contribution in [2.45, 2.75) is 31.1 Å². The summed E-state index contributed by atoms with van der Waals surface area (Å²) in [5, 5.41) is 3.17. The summed E-state index contributed by atoms with van der Waals surface area (Å²) in [6, 6.07) is 18.2. The largest absolute Gasteiger partial charge is 0.497 e. The molecular formula is C22H27NO3. The molecule has 0 saturated carbocycles. The van der Waals surface area contributed by atoms with Crippen LogP contribution in [0.4, 0.5) is 0 Å². The number of hydrogen-bond acceptors (Lipinski definition) is 3. The van der Waals surface area contributed by atoms with Gasteiger partial charge in [-0.3, -0.25) is 4.79 Å². The van der Waals surface area contributed by atoms with Gasteiger partial charge in [0, 0.05) is 19.8 Å². The van der Waals surface area contributed by atoms with Gasteiger partial charge in [0.2, 0.25) is 5.91 Å². The lowest BCUT2D eigenvalue weighted by Crippen LogP contribution is -2.48. The van der Waals surface area contributed by atoms with Gasteiger partial charge in [0.05, 0.1) is 12.5 Å². The van der Waals surface area contributed by atoms with Crippen LogP contribution in [0.2, 0.25) is 0 Å². The van der Waals surface area contributed by atoms with Crippen LogP contribution in [-0.4, -0.2) is 32.8 Å². The molecule has 0 aromatic heterocycles. The molecule has 0 atom stereocenters. The number of methoxy groups -OCH3 is 1. The molecule has 4 heteroatoms. The third-order valence-corrected chi connectivity index (χ3v) is 5.19. The molecule has 4 nitrogen and oxygen atoms in total. The second kappa shape index (κ2) is 8.86. The van der Waals surface area contributed by atoms with E-state index in [-0.39, 0.29) is 5.91 Å². The Bertz CT molecular complexity index is 691. The normalized spacial score (nSPS) is 16.0. The van der Waals surface area contributed by atoms with Crippen molar-refractivity contribution in [2.24, 2.45) is 0 Å². The molecule has 138 valence electrons. The summed E-state index contributed by atoms with van der Waals surface area (Å²) in [6.07, 6.45) is 3.33. The van der Waals surface area contributed by atoms with Gasteiger partial charge < -0.3 is 14.8 Å². The first kappa shape index (κ1) is 18.5. The van der Waals surface area contributed by atoms with Crippen molar-refractivity contribution in [2.75, 3.05) is 26.9 Å². The summed E-state index contributed by atoms with van der Waals surface area (Å²) in [7, 11) is 1.67. The van der Waals surface area contributed by atoms with Crippen LogP contribution < -0.4 is 10.1 Å². The van der Waals surface area contributed by atoms with E-state index in [0.29, 0.717) is 19.8 Å². The summed E-state index contributed by atoms with van der Waals surface area (Å²) >= 11 is 0. The molecule has 1 N–H and O–H groups in total. The zero-order valence-electron chi connectivity index (χ0n) is 15.4. The molecule has 0 unspecified atom stereocenters. The molecule has 1 amide bonds. The van der Waals surface area contributed by atoms with Crippen molar-refractivity contribution in [3.05, 3.63) is 65.7 Å². The Labute approximate surface area is 155 Å². The van der Waals surface area contributed by atoms with E-state index in [9.17, 15) is 4.79 Å². The Balaban J connectivity index is 1.56. The summed E-state index contributed by atoms with van der Waals surface area (Å²) in [6.45, 7) is 1.95. The van der Waals surface area contributed by atoms with Crippen molar-refractivity contribution in [3.63, 3.8) is 0 Å². The van der Waals surface area contributed by atoms with Crippen molar-refractivity contribution in [3.8, 4) is 5.75 Å². The minimum absolute atomic E-state index is 0.127. The molecular weight excluding hydrogens is 326 g/mol. The Kier molecular flexibility index (Phi) is 6.29. The fraction of sp³-hybridized carbons (Fsp3) is 0.409. The van der Waals surface area contributed by atoms with Crippen molar-refractivity contribution in [1.29, 1.82) is 0 Å². The van der Waals surface area contributed by atoms with Crippen molar-refractivity contribution < 1.29 is 14.3 Å². The maximum absolute atomic E-state index is 13.0. The number of aryl methyl sites for hydroxylation is 1. The molecule has 26 heavy (non-hydrogen) atoms. The van der Waals surface area contributed by atoms with Gasteiger partial charge in [0.1, 0.15) is 5.75 Å². The highest BCUT2D eigenvalue weighted by Crippen LogP contribution is 2.35. The van der Waals surface area contributed by atoms with Crippen molar-refractivity contribution >= 4 is 5.91 Å². The zero-order chi connectivity index (χ0) is 18.2. The lowest BCUT2D eigenvalue weighted by Gasteiger charge is -2.36. The zero-order valence-corrected chi connectivity index (χ0v) is 15.4. The van der Waals surface area contributed by atoms with E-state index in [1.54, 1.807) is 7.11 Å². The Hall–Kier alpha value is -2.33. The average molecular weight is 353 g/mol. The maximum atomic E-state index is 13.0. The molecule has 1 aliphatic rings. The number of amides is 1. The molecule has 0 aliphatic carbocycles. The van der Waals surface area contributed by atoms with Gasteiger partial charge in [-0.1, -0.05) is 42.5 Å². The average Bonchev–Trinajstić information content (AvgIpc) is 2.72. The predicted molar refractivity (Wildman–Crippen MR) is 102 cm³/mol. The van der Waals surface area contributed by atoms with E-state index in [1.165, 1.54) is 5.56 Å². The van der Waals surface area contributed by atoms with Gasteiger partial charge in [-0.2, -0.15) is 0 Å². The molecule has 1 aliphatic heterocycles. The first-order valence-electron chi connectivity index (χ1n) is 9.29. The van der Waals surface area contributed by atoms with Gasteiger partial charge in [0.15, 0.2) is 0 Å². The van der Waals surface area contributed by atoms with E-state index in [1.807, 2.05) is 30.3 Å². The molecule has 0 bridgehead atoms. The van der Waals surface area contributed by atoms with Crippen LogP contribution in [-0.2, 0) is 21.4 Å². The Morgan fingerprint density at radius 3 is 2.42 bits per heavy atom. The lowest BCUT2D eigenvalue weighted by atomic mass is 9.73. The summed E-state index contributed by atoms with van der Waals surface area (Å²) in [5.41, 5.74) is 1.89. The molecule has 0 radical (unpaired) electrons. The van der Waals surface area contributed by atoms with Crippen LogP contribution in [0.25, 0.3) is 0 Å². The van der Waals surface area contributed by atoms with Crippen LogP contribution in [0, 0.1) is 0 Å². The summed E-state index contributed by atoms with van der Waals surface area (Å²) < 4.78 is 10.7. The quantitative estimate of drug-likeness (QED) is 0.775. The number of nitrogens with one attached hydrogen (secondary N) is 1. The summed E-state index contributed by atoms with van der Waals surface area (Å²) in [4.78, 5) is 13.0. The molecule has 2 aromatic rings. The second-order valence-electron chi connectivity index (χ2n) is 6.77. The number of hydrogen-bond donors (Lipinski definition) is 1. The van der Waals surface area contributed by atoms with Crippen LogP contribution in [0.15, 0.2) is 54.6 Å². The fourth-order valence-corrected chi connectivity index (χ4v) is 3.58. The van der Waals surface area contributed by atoms with Crippen molar-refractivity contribution in [1.82, 2.24) is 5.32 Å². The SMILES string of the molecule is COc1ccc(CCCNC(=O)C2(c3ccccc3)CCOCC2)cc1. The highest BCUT2D eigenvalue weighted by molar-refractivity contribution is 5.88. The third-order valence-electron chi connectivity index (χ3n) is 5.19. The second-order valence-corrected chi connectivity index (χ2v) is 6.77. The van der Waals surface area contributed by atoms with Crippen LogP contribution in [0.3, 0.4) is 0 Å². The molecule has 1 saturated heterocycles. The maximum Gasteiger partial charge on any atom is 0.230 e. The van der Waals surface area contributed by atoms with Crippen LogP contribution in [0.1, 0.15) is 30.4 Å². The van der Waals surface area contributed by atoms with Gasteiger partial charge in [-0.25, -0.2) is 0 Å². The molecule has 3 rings (SSSR count). The highest BCUT2D eigenvalue weighted by atomic mass is 16.5. The van der Waals surface area contributed by atoms with Gasteiger partial charge in [0.25, 0.3) is 0 Å². The van der Waals surface area contributed by atoms with E-state index in [2.05, 4.69) is 29.6 Å². The van der Waals surface area contributed by atoms with Crippen LogP contribution in [0.5, 0.6) is 5.75 Å². The molecule has 1 fully saturated rings. The number of carbonyl (C=O) groups excluding carboxylic acids is 1. The van der Waals surface area contributed by atoms with Crippen LogP contribution >= 0.6 is 0 Å². The Morgan fingerprint density at radius 2 is 1.77 bits per heavy atom. The van der Waals surface area contributed by atoms with Gasteiger partial charge in [-0.05, 0) is 48.9 Å². The van der Waals surface area contributed by atoms with Gasteiger partial charge in [-0.15, -0.1) is 0 Å². The highest BCUT2D eigenvalue weighted by Gasteiger charge is 2.41. The molecule has 0 spiro atoms. The first-order chi connectivity index (χ1) is 12.7. The van der Waals surface area contributed by atoms with E-state index >= 15 is 0 Å². The standard InChI is InChI=1S/C22H27NO3/c1-25-20-11-9-18(10-12-20)6-5-15-23-21(24)22(13-16-26-17-14-22)19-7-3-2-4-8-19/h2-4,7-12H,5-6,13-17H2,1H3,(H,23,24). The minimum Gasteiger partial charge on any atom is -0.497 e. The third kappa shape index (κ3) is 4.25. The van der Waals surface area contributed by atoms with E-state index < -0.39 is 5.41 Å². The minimum atomic E-state index is -0.459. The number of rotatable bonds is 7. The smallest absolute Gasteiger partial charge is 0.230 e. The molecule has 2 aromatic carbocycles. The number of carbonyl (C=O) groups is 1. The summed E-state index contributed by atoms with van der Waals surface area (Å²) in [5.74, 6) is 0.994. The number of ether oxygens (including phenoxy) is 2. The molecule has 1 heterocycles. The first-order valence-corrected chi connectivity index (χ1v) is 9.29. The monoisotopic (exact) mass is 353 g/mol. The Morgan fingerprint density at radius 1 is 1.08 bits per heavy atom. The number of benzene rings is 2. The van der Waals surface area contributed by atoms with Gasteiger partial charge >= 0.3 is 0 Å². The van der Waals surface area contributed by atoms with E-state index in [0.717, 1.165) is 37.0 Å². The topological polar surface area (TPSA) is 47.6 Å².